The fourth-order valence-electron chi connectivity index (χ4n) is 4.10. The van der Waals surface area contributed by atoms with Gasteiger partial charge in [-0.1, -0.05) is 42.5 Å². The predicted octanol–water partition coefficient (Wildman–Crippen LogP) is 5.36. The van der Waals surface area contributed by atoms with E-state index in [9.17, 15) is 10.2 Å². The van der Waals surface area contributed by atoms with E-state index in [1.807, 2.05) is 60.7 Å². The summed E-state index contributed by atoms with van der Waals surface area (Å²) in [5.74, 6) is 1.20. The summed E-state index contributed by atoms with van der Waals surface area (Å²) in [5, 5.41) is 22.1. The molecule has 5 heteroatoms. The van der Waals surface area contributed by atoms with Crippen molar-refractivity contribution >= 4 is 16.3 Å². The molecule has 0 unspecified atom stereocenters. The Morgan fingerprint density at radius 1 is 0.909 bits per heavy atom. The summed E-state index contributed by atoms with van der Waals surface area (Å²) in [5.41, 5.74) is 4.87. The van der Waals surface area contributed by atoms with Gasteiger partial charge in [0.15, 0.2) is 11.5 Å². The van der Waals surface area contributed by atoms with Gasteiger partial charge in [-0.3, -0.25) is 4.98 Å². The summed E-state index contributed by atoms with van der Waals surface area (Å²) in [6.07, 6.45) is 17.0. The molecule has 4 rings (SSSR count). The van der Waals surface area contributed by atoms with Crippen LogP contribution in [0.5, 0.6) is 11.5 Å². The first-order chi connectivity index (χ1) is 16.2. The quantitative estimate of drug-likeness (QED) is 0.539. The molecule has 0 saturated carbocycles. The van der Waals surface area contributed by atoms with E-state index < -0.39 is 0 Å². The number of fused-ring (bicyclic) bond motifs is 1. The van der Waals surface area contributed by atoms with Gasteiger partial charge >= 0.3 is 0 Å². The minimum Gasteiger partial charge on any atom is -0.493 e. The van der Waals surface area contributed by atoms with Crippen LogP contribution in [0.2, 0.25) is 0 Å². The van der Waals surface area contributed by atoms with Crippen molar-refractivity contribution in [1.82, 2.24) is 4.98 Å². The van der Waals surface area contributed by atoms with Crippen LogP contribution in [-0.4, -0.2) is 29.4 Å². The van der Waals surface area contributed by atoms with Crippen molar-refractivity contribution in [3.05, 3.63) is 95.9 Å². The number of aliphatic hydroxyl groups is 2. The molecule has 0 bridgehead atoms. The van der Waals surface area contributed by atoms with Crippen LogP contribution in [0.4, 0.5) is 0 Å². The molecule has 2 aromatic carbocycles. The van der Waals surface area contributed by atoms with Crippen LogP contribution in [0.1, 0.15) is 23.2 Å². The van der Waals surface area contributed by atoms with Gasteiger partial charge in [0.1, 0.15) is 0 Å². The van der Waals surface area contributed by atoms with Crippen LogP contribution in [0.15, 0.2) is 79.1 Å². The Morgan fingerprint density at radius 2 is 1.70 bits per heavy atom. The van der Waals surface area contributed by atoms with Gasteiger partial charge in [-0.15, -0.1) is 0 Å². The van der Waals surface area contributed by atoms with Crippen molar-refractivity contribution in [3.63, 3.8) is 0 Å². The fourth-order valence-corrected chi connectivity index (χ4v) is 4.10. The van der Waals surface area contributed by atoms with E-state index in [0.717, 1.165) is 39.6 Å². The molecule has 33 heavy (non-hydrogen) atoms. The lowest BCUT2D eigenvalue weighted by Crippen LogP contribution is -2.01. The average molecular weight is 442 g/mol. The highest BCUT2D eigenvalue weighted by Gasteiger charge is 2.18. The van der Waals surface area contributed by atoms with Crippen molar-refractivity contribution in [3.8, 4) is 22.6 Å². The number of hydrogen-bond acceptors (Lipinski definition) is 5. The van der Waals surface area contributed by atoms with Crippen molar-refractivity contribution in [1.29, 1.82) is 0 Å². The number of methoxy groups -OCH3 is 2. The molecule has 1 heterocycles. The maximum atomic E-state index is 10.3. The van der Waals surface area contributed by atoms with Crippen molar-refractivity contribution in [2.75, 3.05) is 14.2 Å². The number of aromatic nitrogens is 1. The van der Waals surface area contributed by atoms with Crippen LogP contribution in [0, 0.1) is 0 Å². The van der Waals surface area contributed by atoms with Crippen LogP contribution in [-0.2, 0) is 13.2 Å². The summed E-state index contributed by atoms with van der Waals surface area (Å²) >= 11 is 0. The zero-order valence-corrected chi connectivity index (χ0v) is 18.8. The van der Waals surface area contributed by atoms with E-state index in [1.165, 1.54) is 0 Å². The topological polar surface area (TPSA) is 71.8 Å². The molecule has 168 valence electrons. The molecular weight excluding hydrogens is 414 g/mol. The number of benzene rings is 2. The monoisotopic (exact) mass is 441 g/mol. The molecule has 1 aromatic heterocycles. The Labute approximate surface area is 193 Å². The minimum atomic E-state index is -0.205. The smallest absolute Gasteiger partial charge is 0.161 e. The van der Waals surface area contributed by atoms with Gasteiger partial charge in [0.25, 0.3) is 0 Å². The number of nitrogens with zero attached hydrogens (tertiary/aromatic N) is 1. The Morgan fingerprint density at radius 3 is 2.45 bits per heavy atom. The SMILES string of the molecule is COc1cc2cc(CO)c(CO)c(-c3ccnc(C4=C/C=C\C/C=C\C=C\4)c3)c2cc1OC. The number of pyridine rings is 1. The van der Waals surface area contributed by atoms with Gasteiger partial charge in [0, 0.05) is 11.8 Å². The zero-order chi connectivity index (χ0) is 23.2. The minimum absolute atomic E-state index is 0.184. The van der Waals surface area contributed by atoms with E-state index in [-0.39, 0.29) is 13.2 Å². The molecule has 0 spiro atoms. The molecule has 0 amide bonds. The molecule has 3 aromatic rings. The Kier molecular flexibility index (Phi) is 7.03. The standard InChI is InChI=1S/C28H27NO4/c1-32-26-15-21-13-22(17-30)24(18-31)28(23(21)16-27(26)33-2)20-11-12-29-25(14-20)19-9-7-5-3-4-6-8-10-19/h3,5-16,30-31H,4,17-18H2,1-2H3/b5-3-,8-6-,9-7+,19-10+. The lowest BCUT2D eigenvalue weighted by molar-refractivity contribution is 0.260. The maximum absolute atomic E-state index is 10.3. The first-order valence-electron chi connectivity index (χ1n) is 10.8. The van der Waals surface area contributed by atoms with Crippen molar-refractivity contribution in [2.24, 2.45) is 0 Å². The second kappa shape index (κ2) is 10.3. The average Bonchev–Trinajstić information content (AvgIpc) is 3.00. The van der Waals surface area contributed by atoms with Gasteiger partial charge in [0.05, 0.1) is 33.1 Å². The lowest BCUT2D eigenvalue weighted by Gasteiger charge is -2.18. The number of rotatable bonds is 6. The molecule has 0 atom stereocenters. The second-order valence-corrected chi connectivity index (χ2v) is 7.64. The third kappa shape index (κ3) is 4.60. The van der Waals surface area contributed by atoms with E-state index in [4.69, 9.17) is 9.47 Å². The second-order valence-electron chi connectivity index (χ2n) is 7.64. The summed E-state index contributed by atoms with van der Waals surface area (Å²) in [6, 6.07) is 9.62. The van der Waals surface area contributed by atoms with E-state index in [0.29, 0.717) is 22.6 Å². The molecule has 2 N–H and O–H groups in total. The third-order valence-electron chi connectivity index (χ3n) is 5.72. The highest BCUT2D eigenvalue weighted by Crippen LogP contribution is 2.41. The van der Waals surface area contributed by atoms with Crippen LogP contribution >= 0.6 is 0 Å². The summed E-state index contributed by atoms with van der Waals surface area (Å²) < 4.78 is 11.0. The number of hydrogen-bond donors (Lipinski definition) is 2. The molecule has 5 nitrogen and oxygen atoms in total. The maximum Gasteiger partial charge on any atom is 0.161 e. The molecular formula is C28H27NO4. The van der Waals surface area contributed by atoms with Crippen LogP contribution in [0.25, 0.3) is 27.5 Å². The summed E-state index contributed by atoms with van der Waals surface area (Å²) in [7, 11) is 3.19. The first-order valence-corrected chi connectivity index (χ1v) is 10.8. The zero-order valence-electron chi connectivity index (χ0n) is 18.8. The third-order valence-corrected chi connectivity index (χ3v) is 5.72. The Balaban J connectivity index is 1.98. The van der Waals surface area contributed by atoms with Crippen LogP contribution in [0.3, 0.4) is 0 Å². The van der Waals surface area contributed by atoms with Crippen molar-refractivity contribution in [2.45, 2.75) is 19.6 Å². The van der Waals surface area contributed by atoms with Gasteiger partial charge in [-0.2, -0.15) is 0 Å². The number of ether oxygens (including phenoxy) is 2. The molecule has 1 aliphatic rings. The lowest BCUT2D eigenvalue weighted by atomic mass is 9.89. The van der Waals surface area contributed by atoms with Gasteiger partial charge in [-0.25, -0.2) is 0 Å². The first kappa shape index (κ1) is 22.5. The molecule has 0 fully saturated rings. The highest BCUT2D eigenvalue weighted by molar-refractivity contribution is 6.01. The van der Waals surface area contributed by atoms with E-state index >= 15 is 0 Å². The highest BCUT2D eigenvalue weighted by atomic mass is 16.5. The van der Waals surface area contributed by atoms with Gasteiger partial charge < -0.3 is 19.7 Å². The largest absolute Gasteiger partial charge is 0.493 e. The summed E-state index contributed by atoms with van der Waals surface area (Å²) in [6.45, 7) is -0.389. The number of aliphatic hydroxyl groups excluding tert-OH is 2. The Bertz CT molecular complexity index is 1280. The predicted molar refractivity (Wildman–Crippen MR) is 132 cm³/mol. The molecule has 1 aliphatic carbocycles. The number of allylic oxidation sites excluding steroid dienone is 8. The Hall–Kier alpha value is -3.67. The summed E-state index contributed by atoms with van der Waals surface area (Å²) in [4.78, 5) is 4.60. The molecule has 0 aliphatic heterocycles. The normalized spacial score (nSPS) is 17.9. The van der Waals surface area contributed by atoms with Gasteiger partial charge in [-0.05, 0) is 69.8 Å². The fraction of sp³-hybridized carbons (Fsp3) is 0.179. The molecule has 0 radical (unpaired) electrons. The van der Waals surface area contributed by atoms with E-state index in [1.54, 1.807) is 20.4 Å². The van der Waals surface area contributed by atoms with E-state index in [2.05, 4.69) is 17.1 Å². The molecule has 0 saturated heterocycles. The van der Waals surface area contributed by atoms with Gasteiger partial charge in [0.2, 0.25) is 0 Å². The van der Waals surface area contributed by atoms with Crippen LogP contribution < -0.4 is 9.47 Å². The van der Waals surface area contributed by atoms with Crippen molar-refractivity contribution < 1.29 is 19.7 Å².